The number of ketones is 2. The zero-order valence-electron chi connectivity index (χ0n) is 48.7. The van der Waals surface area contributed by atoms with Gasteiger partial charge in [0.2, 0.25) is 0 Å². The van der Waals surface area contributed by atoms with Gasteiger partial charge >= 0.3 is 11.9 Å². The Morgan fingerprint density at radius 1 is 0.605 bits per heavy atom. The summed E-state index contributed by atoms with van der Waals surface area (Å²) < 4.78 is 16.2. The molecule has 0 unspecified atom stereocenters. The number of hydrogen-bond donors (Lipinski definition) is 2. The van der Waals surface area contributed by atoms with E-state index in [2.05, 4.69) is 100 Å². The molecule has 0 aliphatic carbocycles. The number of para-hydroxylation sites is 3. The summed E-state index contributed by atoms with van der Waals surface area (Å²) >= 11 is 17.7. The number of aryl methyl sites for hydroxylation is 3. The number of carbonyl (C=O) groups is 6. The second-order valence-electron chi connectivity index (χ2n) is 19.3. The monoisotopic (exact) mass is 1390 g/mol. The zero-order valence-corrected chi connectivity index (χ0v) is 55.1. The van der Waals surface area contributed by atoms with Gasteiger partial charge in [-0.15, -0.1) is 30.6 Å². The second kappa shape index (κ2) is 36.1. The first kappa shape index (κ1) is 69.7. The van der Waals surface area contributed by atoms with Gasteiger partial charge in [-0.1, -0.05) is 132 Å². The molecular weight excluding hydrogens is 1330 g/mol. The molecule has 15 nitrogen and oxygen atoms in total. The summed E-state index contributed by atoms with van der Waals surface area (Å²) in [5.74, 6) is 4.02. The van der Waals surface area contributed by atoms with Crippen LogP contribution in [0.1, 0.15) is 57.5 Å². The summed E-state index contributed by atoms with van der Waals surface area (Å²) in [7, 11) is 8.22. The number of Topliss-reactive ketones (excluding diaryl/α,β-unsaturated/α-hetero) is 2. The van der Waals surface area contributed by atoms with E-state index in [-0.39, 0.29) is 11.8 Å². The topological polar surface area (TPSA) is 166 Å². The second-order valence-corrected chi connectivity index (χ2v) is 23.1. The summed E-state index contributed by atoms with van der Waals surface area (Å²) in [4.78, 5) is 77.3. The number of terminal acetylenes is 3. The molecule has 0 radical (unpaired) electrons. The highest BCUT2D eigenvalue weighted by Gasteiger charge is 2.35. The van der Waals surface area contributed by atoms with E-state index in [4.69, 9.17) is 30.9 Å². The van der Waals surface area contributed by atoms with Gasteiger partial charge in [0.1, 0.15) is 0 Å². The fourth-order valence-corrected chi connectivity index (χ4v) is 12.0. The molecule has 1 aliphatic rings. The molecule has 4 aromatic carbocycles. The van der Waals surface area contributed by atoms with Crippen molar-refractivity contribution < 1.29 is 38.2 Å². The van der Waals surface area contributed by atoms with E-state index in [0.717, 1.165) is 122 Å². The maximum atomic E-state index is 13.1. The highest BCUT2D eigenvalue weighted by Crippen LogP contribution is 2.41. The molecular formula is C66H69Br3ClN7O8S. The third kappa shape index (κ3) is 18.7. The lowest BCUT2D eigenvalue weighted by Gasteiger charge is -2.13. The van der Waals surface area contributed by atoms with Gasteiger partial charge in [-0.2, -0.15) is 0 Å². The van der Waals surface area contributed by atoms with E-state index in [0.29, 0.717) is 46.9 Å². The van der Waals surface area contributed by atoms with E-state index in [1.54, 1.807) is 12.4 Å². The molecule has 4 aromatic heterocycles. The number of nitrogens with one attached hydrogen (secondary N) is 2. The van der Waals surface area contributed by atoms with Crippen molar-refractivity contribution in [3.63, 3.8) is 0 Å². The number of thiophene rings is 1. The lowest BCUT2D eigenvalue weighted by Crippen LogP contribution is -2.22. The van der Waals surface area contributed by atoms with Crippen molar-refractivity contribution in [3.8, 4) is 37.0 Å². The van der Waals surface area contributed by atoms with Crippen LogP contribution in [-0.2, 0) is 48.3 Å². The maximum Gasteiger partial charge on any atom is 0.379 e. The smallest absolute Gasteiger partial charge is 0.379 e. The van der Waals surface area contributed by atoms with Crippen molar-refractivity contribution in [1.29, 1.82) is 0 Å². The van der Waals surface area contributed by atoms with Crippen molar-refractivity contribution in [2.75, 3.05) is 84.1 Å². The van der Waals surface area contributed by atoms with Gasteiger partial charge in [0.15, 0.2) is 0 Å². The normalized spacial score (nSPS) is 11.6. The average molecular weight is 1400 g/mol. The first-order chi connectivity index (χ1) is 41.6. The predicted molar refractivity (Wildman–Crippen MR) is 361 cm³/mol. The number of halogens is 4. The minimum Gasteiger partial charge on any atom is -0.463 e. The molecule has 0 spiro atoms. The van der Waals surface area contributed by atoms with Crippen LogP contribution < -0.4 is 10.6 Å². The van der Waals surface area contributed by atoms with Gasteiger partial charge in [-0.05, 0) is 83.2 Å². The van der Waals surface area contributed by atoms with Crippen molar-refractivity contribution in [2.24, 2.45) is 0 Å². The number of alkyl halides is 3. The Balaban J connectivity index is 0.000000226. The van der Waals surface area contributed by atoms with E-state index in [1.165, 1.54) is 32.0 Å². The highest BCUT2D eigenvalue weighted by molar-refractivity contribution is 9.09. The average Bonchev–Trinajstić information content (AvgIpc) is 3.26. The number of methoxy groups -OCH3 is 2. The highest BCUT2D eigenvalue weighted by atomic mass is 79.9. The Morgan fingerprint density at radius 3 is 1.48 bits per heavy atom. The predicted octanol–water partition coefficient (Wildman–Crippen LogP) is 11.8. The molecule has 8 aromatic rings. The van der Waals surface area contributed by atoms with Crippen molar-refractivity contribution in [1.82, 2.24) is 34.1 Å². The molecule has 20 heteroatoms. The largest absolute Gasteiger partial charge is 0.463 e. The number of hydrogen-bond acceptors (Lipinski definition) is 12. The van der Waals surface area contributed by atoms with Gasteiger partial charge in [-0.25, -0.2) is 9.59 Å². The minimum atomic E-state index is -0.846. The number of imide groups is 1. The molecule has 450 valence electrons. The molecule has 0 fully saturated rings. The van der Waals surface area contributed by atoms with E-state index >= 15 is 0 Å². The van der Waals surface area contributed by atoms with Crippen LogP contribution in [0.5, 0.6) is 0 Å². The van der Waals surface area contributed by atoms with Crippen molar-refractivity contribution in [3.05, 3.63) is 142 Å². The lowest BCUT2D eigenvalue weighted by molar-refractivity contribution is -0.135. The fraction of sp³-hybridized carbons (Fsp3) is 0.303. The van der Waals surface area contributed by atoms with Gasteiger partial charge in [0.05, 0.1) is 56.1 Å². The number of carbonyl (C=O) groups excluding carboxylic acids is 6. The van der Waals surface area contributed by atoms with Crippen LogP contribution >= 0.6 is 70.7 Å². The quantitative estimate of drug-likeness (QED) is 0.0166. The van der Waals surface area contributed by atoms with Crippen LogP contribution in [0.4, 0.5) is 0 Å². The third-order valence-corrected chi connectivity index (χ3v) is 16.2. The van der Waals surface area contributed by atoms with Crippen molar-refractivity contribution in [2.45, 2.75) is 45.3 Å². The summed E-state index contributed by atoms with van der Waals surface area (Å²) in [5.41, 5.74) is 5.98. The van der Waals surface area contributed by atoms with Gasteiger partial charge < -0.3 is 28.5 Å². The van der Waals surface area contributed by atoms with Crippen LogP contribution in [0.25, 0.3) is 53.9 Å². The molecule has 9 rings (SSSR count). The number of fused-ring (bicyclic) bond motifs is 4. The minimum absolute atomic E-state index is 0.377. The van der Waals surface area contributed by atoms with Crippen molar-refractivity contribution >= 4 is 160 Å². The molecule has 86 heavy (non-hydrogen) atoms. The Kier molecular flexibility index (Phi) is 29.3. The van der Waals surface area contributed by atoms with Gasteiger partial charge in [0, 0.05) is 132 Å². The molecule has 0 bridgehead atoms. The van der Waals surface area contributed by atoms with Crippen LogP contribution in [0.2, 0.25) is 5.02 Å². The summed E-state index contributed by atoms with van der Waals surface area (Å²) in [5, 5.41) is 14.3. The summed E-state index contributed by atoms with van der Waals surface area (Å²) in [6.07, 6.45) is 24.9. The number of ether oxygens (including phenoxy) is 2. The third-order valence-electron chi connectivity index (χ3n) is 13.3. The first-order valence-corrected chi connectivity index (χ1v) is 32.0. The Hall–Kier alpha value is -7.09. The van der Waals surface area contributed by atoms with E-state index in [9.17, 15) is 28.8 Å². The molecule has 0 saturated heterocycles. The molecule has 2 amide bonds. The molecule has 0 saturated carbocycles. The van der Waals surface area contributed by atoms with Crippen LogP contribution in [0.15, 0.2) is 115 Å². The van der Waals surface area contributed by atoms with E-state index < -0.39 is 23.5 Å². The summed E-state index contributed by atoms with van der Waals surface area (Å²) in [6.45, 7) is 5.90. The molecule has 2 N–H and O–H groups in total. The number of nitrogens with zero attached hydrogens (tertiary/aromatic N) is 5. The first-order valence-electron chi connectivity index (χ1n) is 27.3. The molecule has 0 atom stereocenters. The van der Waals surface area contributed by atoms with Gasteiger partial charge in [-0.3, -0.25) is 34.3 Å². The Morgan fingerprint density at radius 2 is 1.05 bits per heavy atom. The van der Waals surface area contributed by atoms with Crippen LogP contribution in [0.3, 0.4) is 0 Å². The SMILES string of the molecule is BrCCCBr.C#CCN(C)CCCn1cc(C(=O)C(=O)OC)c2ccccc21.C#CCN(C)CCCn1cc(C2=C(c3csc4ccc(Cl)cc34)C(=O)NC2=O)c2ccccc21.C#CCNC.COC(=O)C(=O)c1cn(CCCBr)c2ccccc12. The van der Waals surface area contributed by atoms with Crippen LogP contribution in [-0.4, -0.2) is 143 Å². The standard InChI is InChI=1S/C27H22ClN3O2S.C18H20N2O3.C14H14BrNO3.C4H7N.C3H6Br2/c1-3-11-30(2)12-6-13-31-15-20(18-7-4-5-8-22(18)31)24-25(27(33)29-26(24)32)21-16-34-23-10-9-17(28)14-19(21)23;1-4-10-19(2)11-7-12-20-13-15(17(21)18(22)23-3)14-8-5-6-9-16(14)20;1-19-14(18)13(17)11-9-16(8-4-7-15)12-6-3-2-5-10(11)12;1-3-4-5-2;4-2-1-3-5/h1,4-5,7-10,14-16H,6,11-13H2,2H3,(H,29,32,33);1,5-6,8-9,13H,7,10-12H2,2-3H3;2-3,5-6,9H,4,7-8H2,1H3;1,5H,4H2,2H3;1-3H2. The fourth-order valence-electron chi connectivity index (χ4n) is 9.30. The van der Waals surface area contributed by atoms with Crippen LogP contribution in [0, 0.1) is 37.0 Å². The van der Waals surface area contributed by atoms with Gasteiger partial charge in [0.25, 0.3) is 23.4 Å². The zero-order chi connectivity index (χ0) is 62.7. The number of rotatable bonds is 22. The number of esters is 2. The lowest BCUT2D eigenvalue weighted by atomic mass is 9.95. The Bertz CT molecular complexity index is 3820. The number of benzene rings is 4. The Labute approximate surface area is 537 Å². The maximum absolute atomic E-state index is 13.1. The molecule has 1 aliphatic heterocycles. The molecule has 5 heterocycles. The number of aromatic nitrogens is 3. The summed E-state index contributed by atoms with van der Waals surface area (Å²) in [6, 6.07) is 28.7. The van der Waals surface area contributed by atoms with E-state index in [1.807, 2.05) is 133 Å². The number of amides is 2.